The summed E-state index contributed by atoms with van der Waals surface area (Å²) in [6, 6.07) is 29.7. The monoisotopic (exact) mass is 383 g/mol. The van der Waals surface area contributed by atoms with E-state index in [-0.39, 0.29) is 0 Å². The predicted molar refractivity (Wildman–Crippen MR) is 124 cm³/mol. The molecule has 0 fully saturated rings. The largest absolute Gasteiger partial charge is 0.492 e. The van der Waals surface area contributed by atoms with Crippen molar-refractivity contribution in [2.75, 3.05) is 19.7 Å². The molecule has 0 amide bonds. The fraction of sp³-hybridized carbons (Fsp3) is 0.185. The average Bonchev–Trinajstić information content (AvgIpc) is 2.79. The molecular weight excluding hydrogens is 354 g/mol. The Morgan fingerprint density at radius 2 is 1.41 bits per heavy atom. The third-order valence-corrected chi connectivity index (χ3v) is 4.82. The maximum Gasteiger partial charge on any atom is 0.119 e. The summed E-state index contributed by atoms with van der Waals surface area (Å²) < 4.78 is 5.85. The van der Waals surface area contributed by atoms with E-state index in [1.165, 1.54) is 27.8 Å². The van der Waals surface area contributed by atoms with Crippen LogP contribution in [0.2, 0.25) is 0 Å². The molecule has 0 saturated carbocycles. The van der Waals surface area contributed by atoms with Crippen LogP contribution in [0, 0.1) is 0 Å². The van der Waals surface area contributed by atoms with Crippen molar-refractivity contribution in [1.29, 1.82) is 0 Å². The van der Waals surface area contributed by atoms with Gasteiger partial charge in [-0.1, -0.05) is 85.8 Å². The number of allylic oxidation sites excluding steroid dienone is 1. The zero-order chi connectivity index (χ0) is 20.3. The quantitative estimate of drug-likeness (QED) is 0.255. The van der Waals surface area contributed by atoms with Crippen molar-refractivity contribution in [1.82, 2.24) is 5.32 Å². The van der Waals surface area contributed by atoms with Crippen LogP contribution in [0.25, 0.3) is 11.1 Å². The summed E-state index contributed by atoms with van der Waals surface area (Å²) in [6.07, 6.45) is 2.81. The molecule has 0 spiro atoms. The van der Waals surface area contributed by atoms with Gasteiger partial charge in [0.2, 0.25) is 0 Å². The van der Waals surface area contributed by atoms with Crippen LogP contribution in [0.1, 0.15) is 30.0 Å². The Morgan fingerprint density at radius 1 is 0.828 bits per heavy atom. The topological polar surface area (TPSA) is 21.3 Å². The van der Waals surface area contributed by atoms with E-state index in [1.54, 1.807) is 0 Å². The molecule has 29 heavy (non-hydrogen) atoms. The van der Waals surface area contributed by atoms with Crippen LogP contribution in [-0.2, 0) is 0 Å². The molecule has 0 aliphatic rings. The van der Waals surface area contributed by atoms with Crippen LogP contribution in [0.3, 0.4) is 0 Å². The second kappa shape index (κ2) is 11.0. The van der Waals surface area contributed by atoms with E-state index in [9.17, 15) is 0 Å². The highest BCUT2D eigenvalue weighted by Gasteiger charge is 2.12. The Balaban J connectivity index is 1.91. The van der Waals surface area contributed by atoms with Crippen LogP contribution in [-0.4, -0.2) is 19.7 Å². The van der Waals surface area contributed by atoms with Gasteiger partial charge in [-0.05, 0) is 46.4 Å². The molecule has 0 bridgehead atoms. The van der Waals surface area contributed by atoms with E-state index in [2.05, 4.69) is 104 Å². The number of hydrogen-bond acceptors (Lipinski definition) is 2. The van der Waals surface area contributed by atoms with Gasteiger partial charge >= 0.3 is 0 Å². The Labute approximate surface area is 174 Å². The van der Waals surface area contributed by atoms with Gasteiger partial charge in [0, 0.05) is 13.1 Å². The van der Waals surface area contributed by atoms with Gasteiger partial charge in [-0.2, -0.15) is 0 Å². The van der Waals surface area contributed by atoms with Crippen molar-refractivity contribution >= 4 is 11.1 Å². The molecule has 3 rings (SSSR count). The highest BCUT2D eigenvalue weighted by molar-refractivity contribution is 5.98. The zero-order valence-electron chi connectivity index (χ0n) is 17.1. The molecule has 0 saturated heterocycles. The highest BCUT2D eigenvalue weighted by Crippen LogP contribution is 2.34. The molecule has 0 aliphatic heterocycles. The molecule has 0 aromatic heterocycles. The summed E-state index contributed by atoms with van der Waals surface area (Å²) in [5.41, 5.74) is 6.32. The van der Waals surface area contributed by atoms with Crippen LogP contribution in [0.4, 0.5) is 0 Å². The molecule has 0 heterocycles. The van der Waals surface area contributed by atoms with Gasteiger partial charge in [0.25, 0.3) is 0 Å². The zero-order valence-corrected chi connectivity index (χ0v) is 17.1. The first kappa shape index (κ1) is 20.6. The van der Waals surface area contributed by atoms with Gasteiger partial charge in [0.05, 0.1) is 0 Å². The van der Waals surface area contributed by atoms with Crippen LogP contribution in [0.15, 0.2) is 97.6 Å². The first-order chi connectivity index (χ1) is 14.3. The van der Waals surface area contributed by atoms with Gasteiger partial charge in [-0.25, -0.2) is 0 Å². The van der Waals surface area contributed by atoms with Gasteiger partial charge < -0.3 is 10.1 Å². The first-order valence-corrected chi connectivity index (χ1v) is 10.2. The van der Waals surface area contributed by atoms with E-state index >= 15 is 0 Å². The third-order valence-electron chi connectivity index (χ3n) is 4.82. The maximum absolute atomic E-state index is 5.85. The molecule has 2 heteroatoms. The van der Waals surface area contributed by atoms with Crippen molar-refractivity contribution in [3.8, 4) is 5.75 Å². The maximum atomic E-state index is 5.85. The molecule has 0 aliphatic carbocycles. The molecule has 3 aromatic rings. The number of nitrogens with one attached hydrogen (secondary N) is 1. The van der Waals surface area contributed by atoms with Crippen LogP contribution >= 0.6 is 0 Å². The Hall–Kier alpha value is -3.10. The lowest BCUT2D eigenvalue weighted by molar-refractivity contribution is 0.316. The first-order valence-electron chi connectivity index (χ1n) is 10.2. The number of benzene rings is 3. The Bertz CT molecular complexity index is 912. The standard InChI is InChI=1S/C27H29NO/c1-3-19-28-20-21-29-25-17-15-24(16-18-25)27(23-13-9-6-10-14-23)26(4-2)22-11-7-5-8-12-22/h3,5-18,28H,1,4,19-21H2,2H3. The molecule has 3 aromatic carbocycles. The SMILES string of the molecule is C=CCNCCOc1ccc(C(=C(CC)c2ccccc2)c2ccccc2)cc1. The van der Waals surface area contributed by atoms with Gasteiger partial charge in [-0.3, -0.25) is 0 Å². The summed E-state index contributed by atoms with van der Waals surface area (Å²) in [4.78, 5) is 0. The molecular formula is C27H29NO. The second-order valence-electron chi connectivity index (χ2n) is 6.80. The molecule has 0 unspecified atom stereocenters. The summed E-state index contributed by atoms with van der Waals surface area (Å²) in [7, 11) is 0. The van der Waals surface area contributed by atoms with Crippen molar-refractivity contribution in [2.24, 2.45) is 0 Å². The summed E-state index contributed by atoms with van der Waals surface area (Å²) in [6.45, 7) is 8.16. The van der Waals surface area contributed by atoms with Crippen molar-refractivity contribution in [3.63, 3.8) is 0 Å². The molecule has 148 valence electrons. The van der Waals surface area contributed by atoms with Crippen molar-refractivity contribution in [3.05, 3.63) is 114 Å². The molecule has 0 atom stereocenters. The average molecular weight is 384 g/mol. The number of ether oxygens (including phenoxy) is 1. The molecule has 0 radical (unpaired) electrons. The minimum Gasteiger partial charge on any atom is -0.492 e. The predicted octanol–water partition coefficient (Wildman–Crippen LogP) is 6.21. The fourth-order valence-corrected chi connectivity index (χ4v) is 3.45. The van der Waals surface area contributed by atoms with E-state index in [0.717, 1.165) is 25.3 Å². The fourth-order valence-electron chi connectivity index (χ4n) is 3.45. The van der Waals surface area contributed by atoms with Gasteiger partial charge in [0.1, 0.15) is 12.4 Å². The smallest absolute Gasteiger partial charge is 0.119 e. The van der Waals surface area contributed by atoms with Crippen LogP contribution in [0.5, 0.6) is 5.75 Å². The van der Waals surface area contributed by atoms with Crippen molar-refractivity contribution in [2.45, 2.75) is 13.3 Å². The molecule has 2 nitrogen and oxygen atoms in total. The highest BCUT2D eigenvalue weighted by atomic mass is 16.5. The van der Waals surface area contributed by atoms with E-state index < -0.39 is 0 Å². The lowest BCUT2D eigenvalue weighted by Gasteiger charge is -2.17. The van der Waals surface area contributed by atoms with Gasteiger partial charge in [-0.15, -0.1) is 6.58 Å². The van der Waals surface area contributed by atoms with Crippen molar-refractivity contribution < 1.29 is 4.74 Å². The van der Waals surface area contributed by atoms with E-state index in [1.807, 2.05) is 6.08 Å². The normalized spacial score (nSPS) is 11.6. The lowest BCUT2D eigenvalue weighted by Crippen LogP contribution is -2.20. The Morgan fingerprint density at radius 3 is 2.00 bits per heavy atom. The minimum absolute atomic E-state index is 0.638. The summed E-state index contributed by atoms with van der Waals surface area (Å²) in [5, 5.41) is 3.25. The Kier molecular flexibility index (Phi) is 7.85. The summed E-state index contributed by atoms with van der Waals surface area (Å²) in [5.74, 6) is 0.888. The number of hydrogen-bond donors (Lipinski definition) is 1. The lowest BCUT2D eigenvalue weighted by atomic mass is 9.88. The second-order valence-corrected chi connectivity index (χ2v) is 6.80. The van der Waals surface area contributed by atoms with Crippen LogP contribution < -0.4 is 10.1 Å². The van der Waals surface area contributed by atoms with E-state index in [4.69, 9.17) is 4.74 Å². The number of rotatable bonds is 10. The summed E-state index contributed by atoms with van der Waals surface area (Å²) >= 11 is 0. The minimum atomic E-state index is 0.638. The van der Waals surface area contributed by atoms with Gasteiger partial charge in [0.15, 0.2) is 0 Å². The third kappa shape index (κ3) is 5.69. The molecule has 1 N–H and O–H groups in total. The van der Waals surface area contributed by atoms with E-state index in [0.29, 0.717) is 6.61 Å².